The van der Waals surface area contributed by atoms with Gasteiger partial charge in [-0.25, -0.2) is 8.42 Å². The van der Waals surface area contributed by atoms with Gasteiger partial charge in [-0.3, -0.25) is 9.52 Å². The van der Waals surface area contributed by atoms with Crippen LogP contribution in [0.25, 0.3) is 0 Å². The summed E-state index contributed by atoms with van der Waals surface area (Å²) in [6.07, 6.45) is 0. The van der Waals surface area contributed by atoms with Crippen LogP contribution in [-0.4, -0.2) is 19.6 Å². The van der Waals surface area contributed by atoms with Gasteiger partial charge in [-0.1, -0.05) is 12.1 Å². The average Bonchev–Trinajstić information content (AvgIpc) is 2.54. The molecule has 0 saturated carbocycles. The van der Waals surface area contributed by atoms with Crippen LogP contribution in [0.3, 0.4) is 0 Å². The SMILES string of the molecule is CCOCc1cccc(S(=O)(=O)Nc2ccc(C)n(C)c2=O)c1. The van der Waals surface area contributed by atoms with Gasteiger partial charge in [0.15, 0.2) is 0 Å². The zero-order chi connectivity index (χ0) is 17.0. The minimum Gasteiger partial charge on any atom is -0.377 e. The van der Waals surface area contributed by atoms with E-state index < -0.39 is 10.0 Å². The van der Waals surface area contributed by atoms with Gasteiger partial charge in [-0.05, 0) is 43.7 Å². The topological polar surface area (TPSA) is 77.4 Å². The molecular weight excluding hydrogens is 316 g/mol. The van der Waals surface area contributed by atoms with E-state index in [1.165, 1.54) is 22.8 Å². The average molecular weight is 336 g/mol. The largest absolute Gasteiger partial charge is 0.377 e. The molecule has 124 valence electrons. The van der Waals surface area contributed by atoms with E-state index in [0.717, 1.165) is 11.3 Å². The zero-order valence-corrected chi connectivity index (χ0v) is 14.2. The predicted molar refractivity (Wildman–Crippen MR) is 89.0 cm³/mol. The molecule has 1 N–H and O–H groups in total. The van der Waals surface area contributed by atoms with Crippen LogP contribution < -0.4 is 10.3 Å². The van der Waals surface area contributed by atoms with Crippen LogP contribution in [0, 0.1) is 6.92 Å². The lowest BCUT2D eigenvalue weighted by Gasteiger charge is -2.11. The molecule has 0 aliphatic heterocycles. The van der Waals surface area contributed by atoms with Crippen molar-refractivity contribution in [3.8, 4) is 0 Å². The quantitative estimate of drug-likeness (QED) is 0.875. The molecule has 0 unspecified atom stereocenters. The van der Waals surface area contributed by atoms with Crippen molar-refractivity contribution in [2.24, 2.45) is 7.05 Å². The third kappa shape index (κ3) is 4.00. The van der Waals surface area contributed by atoms with Gasteiger partial charge in [0.05, 0.1) is 11.5 Å². The number of pyridine rings is 1. The number of aromatic nitrogens is 1. The van der Waals surface area contributed by atoms with Gasteiger partial charge >= 0.3 is 0 Å². The monoisotopic (exact) mass is 336 g/mol. The summed E-state index contributed by atoms with van der Waals surface area (Å²) in [5, 5.41) is 0. The van der Waals surface area contributed by atoms with Gasteiger partial charge in [0, 0.05) is 19.3 Å². The standard InChI is InChI=1S/C16H20N2O4S/c1-4-22-11-13-6-5-7-14(10-13)23(20,21)17-15-9-8-12(2)18(3)16(15)19/h5-10,17H,4,11H2,1-3H3. The fraction of sp³-hybridized carbons (Fsp3) is 0.312. The van der Waals surface area contributed by atoms with Crippen LogP contribution in [0.2, 0.25) is 0 Å². The molecule has 2 aromatic rings. The molecule has 0 aliphatic rings. The lowest BCUT2D eigenvalue weighted by atomic mass is 10.2. The summed E-state index contributed by atoms with van der Waals surface area (Å²) in [6, 6.07) is 9.62. The van der Waals surface area contributed by atoms with Gasteiger partial charge in [0.1, 0.15) is 5.69 Å². The molecule has 1 aromatic carbocycles. The number of rotatable bonds is 6. The van der Waals surface area contributed by atoms with Crippen molar-refractivity contribution in [1.29, 1.82) is 0 Å². The number of benzene rings is 1. The highest BCUT2D eigenvalue weighted by atomic mass is 32.2. The first-order chi connectivity index (χ1) is 10.8. The van der Waals surface area contributed by atoms with Crippen molar-refractivity contribution < 1.29 is 13.2 Å². The molecule has 23 heavy (non-hydrogen) atoms. The second-order valence-corrected chi connectivity index (χ2v) is 6.83. The summed E-state index contributed by atoms with van der Waals surface area (Å²) in [6.45, 7) is 4.53. The molecule has 0 atom stereocenters. The first kappa shape index (κ1) is 17.2. The maximum absolute atomic E-state index is 12.5. The number of nitrogens with one attached hydrogen (secondary N) is 1. The molecule has 6 nitrogen and oxygen atoms in total. The predicted octanol–water partition coefficient (Wildman–Crippen LogP) is 2.03. The highest BCUT2D eigenvalue weighted by Crippen LogP contribution is 2.16. The summed E-state index contributed by atoms with van der Waals surface area (Å²) in [5.74, 6) is 0. The van der Waals surface area contributed by atoms with E-state index in [9.17, 15) is 13.2 Å². The molecule has 0 saturated heterocycles. The Labute approximate surface area is 135 Å². The second-order valence-electron chi connectivity index (χ2n) is 5.14. The van der Waals surface area contributed by atoms with Crippen molar-refractivity contribution in [1.82, 2.24) is 4.57 Å². The van der Waals surface area contributed by atoms with Crippen LogP contribution in [0.5, 0.6) is 0 Å². The van der Waals surface area contributed by atoms with E-state index in [-0.39, 0.29) is 16.1 Å². The third-order valence-corrected chi connectivity index (χ3v) is 4.84. The first-order valence-electron chi connectivity index (χ1n) is 7.21. The number of aryl methyl sites for hydroxylation is 1. The van der Waals surface area contributed by atoms with Crippen molar-refractivity contribution in [2.75, 3.05) is 11.3 Å². The molecule has 0 aliphatic carbocycles. The Morgan fingerprint density at radius 1 is 1.22 bits per heavy atom. The van der Waals surface area contributed by atoms with Crippen molar-refractivity contribution in [3.63, 3.8) is 0 Å². The van der Waals surface area contributed by atoms with Gasteiger partial charge in [-0.15, -0.1) is 0 Å². The molecule has 2 rings (SSSR count). The Kier molecular flexibility index (Phi) is 5.23. The molecule has 0 fully saturated rings. The fourth-order valence-corrected chi connectivity index (χ4v) is 3.16. The highest BCUT2D eigenvalue weighted by Gasteiger charge is 2.17. The van der Waals surface area contributed by atoms with Crippen LogP contribution in [0.4, 0.5) is 5.69 Å². The lowest BCUT2D eigenvalue weighted by molar-refractivity contribution is 0.134. The minimum absolute atomic E-state index is 0.0216. The van der Waals surface area contributed by atoms with E-state index in [1.54, 1.807) is 32.2 Å². The lowest BCUT2D eigenvalue weighted by Crippen LogP contribution is -2.25. The Morgan fingerprint density at radius 3 is 2.65 bits per heavy atom. The number of anilines is 1. The summed E-state index contributed by atoms with van der Waals surface area (Å²) in [5.41, 5.74) is 1.13. The molecule has 0 spiro atoms. The molecular formula is C16H20N2O4S. The summed E-state index contributed by atoms with van der Waals surface area (Å²) >= 11 is 0. The number of hydrogen-bond donors (Lipinski definition) is 1. The fourth-order valence-electron chi connectivity index (χ4n) is 2.03. The maximum Gasteiger partial charge on any atom is 0.274 e. The van der Waals surface area contributed by atoms with Crippen molar-refractivity contribution >= 4 is 15.7 Å². The number of sulfonamides is 1. The van der Waals surface area contributed by atoms with Crippen LogP contribution in [0.1, 0.15) is 18.2 Å². The Balaban J connectivity index is 2.33. The molecule has 7 heteroatoms. The minimum atomic E-state index is -3.83. The number of nitrogens with zero attached hydrogens (tertiary/aromatic N) is 1. The van der Waals surface area contributed by atoms with E-state index in [2.05, 4.69) is 4.72 Å². The zero-order valence-electron chi connectivity index (χ0n) is 13.4. The van der Waals surface area contributed by atoms with E-state index in [0.29, 0.717) is 13.2 Å². The van der Waals surface area contributed by atoms with Crippen LogP contribution >= 0.6 is 0 Å². The normalized spacial score (nSPS) is 11.4. The van der Waals surface area contributed by atoms with Crippen molar-refractivity contribution in [2.45, 2.75) is 25.3 Å². The van der Waals surface area contributed by atoms with E-state index in [1.807, 2.05) is 6.92 Å². The number of ether oxygens (including phenoxy) is 1. The molecule has 0 amide bonds. The summed E-state index contributed by atoms with van der Waals surface area (Å²) < 4.78 is 34.0. The van der Waals surface area contributed by atoms with Gasteiger partial charge < -0.3 is 9.30 Å². The van der Waals surface area contributed by atoms with Crippen LogP contribution in [0.15, 0.2) is 46.1 Å². The molecule has 1 aromatic heterocycles. The Hall–Kier alpha value is -2.12. The third-order valence-electron chi connectivity index (χ3n) is 3.48. The molecule has 0 bridgehead atoms. The second kappa shape index (κ2) is 6.97. The molecule has 1 heterocycles. The maximum atomic E-state index is 12.5. The summed E-state index contributed by atoms with van der Waals surface area (Å²) in [7, 11) is -2.24. The van der Waals surface area contributed by atoms with E-state index >= 15 is 0 Å². The van der Waals surface area contributed by atoms with E-state index in [4.69, 9.17) is 4.74 Å². The van der Waals surface area contributed by atoms with Gasteiger partial charge in [0.25, 0.3) is 15.6 Å². The Bertz CT molecular complexity index is 857. The highest BCUT2D eigenvalue weighted by molar-refractivity contribution is 7.92. The summed E-state index contributed by atoms with van der Waals surface area (Å²) in [4.78, 5) is 12.2. The van der Waals surface area contributed by atoms with Gasteiger partial charge in [-0.2, -0.15) is 0 Å². The number of hydrogen-bond acceptors (Lipinski definition) is 4. The smallest absolute Gasteiger partial charge is 0.274 e. The van der Waals surface area contributed by atoms with Crippen LogP contribution in [-0.2, 0) is 28.4 Å². The molecule has 0 radical (unpaired) electrons. The van der Waals surface area contributed by atoms with Gasteiger partial charge in [0.2, 0.25) is 0 Å². The first-order valence-corrected chi connectivity index (χ1v) is 8.69. The van der Waals surface area contributed by atoms with Crippen molar-refractivity contribution in [3.05, 3.63) is 58.0 Å². The Morgan fingerprint density at radius 2 is 1.96 bits per heavy atom.